The van der Waals surface area contributed by atoms with E-state index in [0.717, 1.165) is 11.3 Å². The van der Waals surface area contributed by atoms with Gasteiger partial charge in [0.1, 0.15) is 0 Å². The predicted molar refractivity (Wildman–Crippen MR) is 75.0 cm³/mol. The van der Waals surface area contributed by atoms with Crippen molar-refractivity contribution >= 4 is 46.2 Å². The number of benzene rings is 1. The van der Waals surface area contributed by atoms with E-state index < -0.39 is 0 Å². The number of hydrogen-bond acceptors (Lipinski definition) is 2. The molecule has 2 rings (SSSR count). The van der Waals surface area contributed by atoms with E-state index in [0.29, 0.717) is 15.2 Å². The van der Waals surface area contributed by atoms with Gasteiger partial charge in [-0.3, -0.25) is 0 Å². The van der Waals surface area contributed by atoms with Crippen LogP contribution in [0.1, 0.15) is 5.56 Å². The van der Waals surface area contributed by atoms with E-state index in [1.165, 1.54) is 0 Å². The first-order valence-electron chi connectivity index (χ1n) is 4.83. The fraction of sp³-hybridized carbons (Fsp3) is 0.0909. The lowest BCUT2D eigenvalue weighted by molar-refractivity contribution is 0.947. The molecule has 1 aromatic carbocycles. The zero-order valence-corrected chi connectivity index (χ0v) is 11.3. The Hall–Kier alpha value is -1.10. The van der Waals surface area contributed by atoms with Crippen LogP contribution in [0.4, 0.5) is 5.69 Å². The highest BCUT2D eigenvalue weighted by Gasteiger charge is 2.03. The molecule has 0 aliphatic rings. The van der Waals surface area contributed by atoms with Crippen molar-refractivity contribution in [2.75, 3.05) is 5.32 Å². The summed E-state index contributed by atoms with van der Waals surface area (Å²) in [5.41, 5.74) is 1.78. The molecule has 0 saturated carbocycles. The molecule has 0 spiro atoms. The quantitative estimate of drug-likeness (QED) is 0.810. The molecule has 3 nitrogen and oxygen atoms in total. The van der Waals surface area contributed by atoms with Gasteiger partial charge in [-0.25, -0.2) is 4.68 Å². The van der Waals surface area contributed by atoms with Crippen LogP contribution in [0.3, 0.4) is 0 Å². The zero-order chi connectivity index (χ0) is 12.4. The Bertz CT molecular complexity index is 545. The average Bonchev–Trinajstić information content (AvgIpc) is 2.63. The van der Waals surface area contributed by atoms with Crippen molar-refractivity contribution in [1.29, 1.82) is 0 Å². The summed E-state index contributed by atoms with van der Waals surface area (Å²) in [5, 5.41) is 8.70. The molecule has 2 aromatic rings. The molecule has 6 heteroatoms. The minimum Gasteiger partial charge on any atom is -0.331 e. The Labute approximate surface area is 114 Å². The molecule has 0 saturated heterocycles. The van der Waals surface area contributed by atoms with E-state index in [1.807, 2.05) is 13.1 Å². The average molecular weight is 286 g/mol. The van der Waals surface area contributed by atoms with E-state index in [1.54, 1.807) is 29.1 Å². The second-order valence-electron chi connectivity index (χ2n) is 3.55. The van der Waals surface area contributed by atoms with E-state index >= 15 is 0 Å². The number of aromatic nitrogens is 2. The van der Waals surface area contributed by atoms with Crippen LogP contribution in [0, 0.1) is 6.92 Å². The topological polar surface area (TPSA) is 29.9 Å². The van der Waals surface area contributed by atoms with Crippen LogP contribution in [0.25, 0.3) is 0 Å². The van der Waals surface area contributed by atoms with E-state index in [-0.39, 0.29) is 0 Å². The minimum absolute atomic E-state index is 0.469. The van der Waals surface area contributed by atoms with E-state index in [9.17, 15) is 0 Å². The van der Waals surface area contributed by atoms with Gasteiger partial charge in [0.2, 0.25) is 0 Å². The maximum Gasteiger partial charge on any atom is 0.198 e. The highest BCUT2D eigenvalue weighted by molar-refractivity contribution is 7.80. The Kier molecular flexibility index (Phi) is 3.66. The number of aryl methyl sites for hydroxylation is 1. The number of rotatable bonds is 1. The summed E-state index contributed by atoms with van der Waals surface area (Å²) in [4.78, 5) is 0. The largest absolute Gasteiger partial charge is 0.331 e. The second-order valence-corrected chi connectivity index (χ2v) is 4.81. The molecule has 1 aromatic heterocycles. The monoisotopic (exact) mass is 285 g/mol. The van der Waals surface area contributed by atoms with Crippen molar-refractivity contribution < 1.29 is 0 Å². The third-order valence-electron chi connectivity index (χ3n) is 2.03. The smallest absolute Gasteiger partial charge is 0.198 e. The second kappa shape index (κ2) is 5.04. The number of anilines is 1. The third-order valence-corrected chi connectivity index (χ3v) is 2.76. The lowest BCUT2D eigenvalue weighted by atomic mass is 10.3. The standard InChI is InChI=1S/C11H9Cl2N3S/c1-7-5-14-16(6-7)11(17)15-10-3-8(12)2-9(13)4-10/h2-6H,1H3,(H,15,17). The molecular weight excluding hydrogens is 277 g/mol. The number of thiocarbonyl (C=S) groups is 1. The van der Waals surface area contributed by atoms with Crippen LogP contribution < -0.4 is 5.32 Å². The summed E-state index contributed by atoms with van der Waals surface area (Å²) < 4.78 is 1.58. The molecule has 1 N–H and O–H groups in total. The molecule has 0 aliphatic carbocycles. The van der Waals surface area contributed by atoms with Crippen molar-refractivity contribution in [3.63, 3.8) is 0 Å². The highest BCUT2D eigenvalue weighted by Crippen LogP contribution is 2.22. The molecule has 0 atom stereocenters. The van der Waals surface area contributed by atoms with E-state index in [2.05, 4.69) is 10.4 Å². The van der Waals surface area contributed by atoms with Gasteiger partial charge in [0.25, 0.3) is 0 Å². The van der Waals surface area contributed by atoms with Crippen LogP contribution in [0.5, 0.6) is 0 Å². The number of nitrogens with zero attached hydrogens (tertiary/aromatic N) is 2. The molecule has 1 heterocycles. The summed E-state index contributed by atoms with van der Waals surface area (Å²) in [5.74, 6) is 0. The van der Waals surface area contributed by atoms with Gasteiger partial charge in [-0.05, 0) is 42.9 Å². The summed E-state index contributed by atoms with van der Waals surface area (Å²) in [6.45, 7) is 1.95. The van der Waals surface area contributed by atoms with Crippen molar-refractivity contribution in [1.82, 2.24) is 9.78 Å². The van der Waals surface area contributed by atoms with Gasteiger partial charge < -0.3 is 5.32 Å². The first-order chi connectivity index (χ1) is 8.04. The van der Waals surface area contributed by atoms with Crippen LogP contribution in [0.15, 0.2) is 30.6 Å². The highest BCUT2D eigenvalue weighted by atomic mass is 35.5. The normalized spacial score (nSPS) is 10.3. The van der Waals surface area contributed by atoms with Crippen LogP contribution in [0.2, 0.25) is 10.0 Å². The Morgan fingerprint density at radius 3 is 2.47 bits per heavy atom. The first kappa shape index (κ1) is 12.4. The molecule has 0 fully saturated rings. The van der Waals surface area contributed by atoms with Crippen LogP contribution in [-0.4, -0.2) is 14.9 Å². The SMILES string of the molecule is Cc1cnn(C(=S)Nc2cc(Cl)cc(Cl)c2)c1. The van der Waals surface area contributed by atoms with Crippen molar-refractivity contribution in [3.8, 4) is 0 Å². The number of nitrogens with one attached hydrogen (secondary N) is 1. The summed E-state index contributed by atoms with van der Waals surface area (Å²) in [6, 6.07) is 5.15. The number of halogens is 2. The van der Waals surface area contributed by atoms with Gasteiger partial charge in [0, 0.05) is 21.9 Å². The van der Waals surface area contributed by atoms with Crippen molar-refractivity contribution in [2.24, 2.45) is 0 Å². The van der Waals surface area contributed by atoms with Gasteiger partial charge in [-0.2, -0.15) is 5.10 Å². The van der Waals surface area contributed by atoms with Gasteiger partial charge >= 0.3 is 0 Å². The van der Waals surface area contributed by atoms with Crippen LogP contribution in [-0.2, 0) is 0 Å². The zero-order valence-electron chi connectivity index (χ0n) is 8.95. The molecule has 0 unspecified atom stereocenters. The Balaban J connectivity index is 2.18. The van der Waals surface area contributed by atoms with Crippen molar-refractivity contribution in [2.45, 2.75) is 6.92 Å². The fourth-order valence-electron chi connectivity index (χ4n) is 1.33. The van der Waals surface area contributed by atoms with Crippen molar-refractivity contribution in [3.05, 3.63) is 46.2 Å². The lowest BCUT2D eigenvalue weighted by Gasteiger charge is -2.08. The summed E-state index contributed by atoms with van der Waals surface area (Å²) in [7, 11) is 0. The van der Waals surface area contributed by atoms with Crippen LogP contribution >= 0.6 is 35.4 Å². The molecular formula is C11H9Cl2N3S. The van der Waals surface area contributed by atoms with Gasteiger partial charge in [-0.15, -0.1) is 0 Å². The Morgan fingerprint density at radius 1 is 1.29 bits per heavy atom. The predicted octanol–water partition coefficient (Wildman–Crippen LogP) is 3.74. The summed E-state index contributed by atoms with van der Waals surface area (Å²) >= 11 is 17.0. The lowest BCUT2D eigenvalue weighted by Crippen LogP contribution is -2.19. The Morgan fingerprint density at radius 2 is 1.94 bits per heavy atom. The number of hydrogen-bond donors (Lipinski definition) is 1. The maximum atomic E-state index is 5.89. The third kappa shape index (κ3) is 3.19. The fourth-order valence-corrected chi connectivity index (χ4v) is 2.07. The van der Waals surface area contributed by atoms with Gasteiger partial charge in [-0.1, -0.05) is 23.2 Å². The minimum atomic E-state index is 0.469. The molecule has 0 amide bonds. The van der Waals surface area contributed by atoms with Gasteiger partial charge in [0.15, 0.2) is 5.11 Å². The molecule has 88 valence electrons. The first-order valence-corrected chi connectivity index (χ1v) is 6.00. The van der Waals surface area contributed by atoms with Gasteiger partial charge in [0.05, 0.1) is 6.20 Å². The molecule has 17 heavy (non-hydrogen) atoms. The molecule has 0 aliphatic heterocycles. The van der Waals surface area contributed by atoms with E-state index in [4.69, 9.17) is 35.4 Å². The molecule has 0 radical (unpaired) electrons. The summed E-state index contributed by atoms with van der Waals surface area (Å²) in [6.07, 6.45) is 3.57. The maximum absolute atomic E-state index is 5.89. The molecule has 0 bridgehead atoms.